The van der Waals surface area contributed by atoms with Crippen LogP contribution >= 0.6 is 22.9 Å². The number of aryl methyl sites for hydroxylation is 1. The molecule has 0 amide bonds. The summed E-state index contributed by atoms with van der Waals surface area (Å²) in [4.78, 5) is 4.63. The van der Waals surface area contributed by atoms with Crippen LogP contribution in [0.15, 0.2) is 41.8 Å². The van der Waals surface area contributed by atoms with Gasteiger partial charge in [-0.05, 0) is 36.8 Å². The highest BCUT2D eigenvalue weighted by atomic mass is 35.5. The van der Waals surface area contributed by atoms with Gasteiger partial charge in [-0.15, -0.1) is 11.3 Å². The molecule has 3 aromatic rings. The number of aromatic nitrogens is 1. The zero-order valence-electron chi connectivity index (χ0n) is 12.3. The van der Waals surface area contributed by atoms with Gasteiger partial charge in [-0.2, -0.15) is 0 Å². The van der Waals surface area contributed by atoms with Crippen molar-refractivity contribution in [3.63, 3.8) is 0 Å². The Morgan fingerprint density at radius 3 is 2.87 bits per heavy atom. The van der Waals surface area contributed by atoms with E-state index in [2.05, 4.69) is 10.3 Å². The average molecular weight is 345 g/mol. The van der Waals surface area contributed by atoms with Gasteiger partial charge in [0.05, 0.1) is 5.69 Å². The van der Waals surface area contributed by atoms with E-state index in [-0.39, 0.29) is 6.79 Å². The zero-order valence-corrected chi connectivity index (χ0v) is 13.9. The highest BCUT2D eigenvalue weighted by molar-refractivity contribution is 7.14. The van der Waals surface area contributed by atoms with E-state index in [1.807, 2.05) is 48.7 Å². The van der Waals surface area contributed by atoms with Crippen LogP contribution < -0.4 is 14.8 Å². The molecule has 2 heterocycles. The topological polar surface area (TPSA) is 43.4 Å². The molecule has 4 nitrogen and oxygen atoms in total. The molecule has 0 atom stereocenters. The molecule has 0 saturated heterocycles. The summed E-state index contributed by atoms with van der Waals surface area (Å²) in [6.07, 6.45) is 0. The third kappa shape index (κ3) is 2.85. The smallest absolute Gasteiger partial charge is 0.231 e. The summed E-state index contributed by atoms with van der Waals surface area (Å²) < 4.78 is 10.7. The van der Waals surface area contributed by atoms with E-state index in [9.17, 15) is 0 Å². The Labute approximate surface area is 142 Å². The van der Waals surface area contributed by atoms with Gasteiger partial charge in [0.15, 0.2) is 16.6 Å². The minimum absolute atomic E-state index is 0.274. The van der Waals surface area contributed by atoms with E-state index >= 15 is 0 Å². The number of ether oxygens (including phenoxy) is 2. The third-order valence-electron chi connectivity index (χ3n) is 3.58. The van der Waals surface area contributed by atoms with Crippen molar-refractivity contribution in [2.45, 2.75) is 6.92 Å². The predicted molar refractivity (Wildman–Crippen MR) is 93.1 cm³/mol. The van der Waals surface area contributed by atoms with E-state index in [0.717, 1.165) is 44.2 Å². The van der Waals surface area contributed by atoms with Crippen LogP contribution in [0.4, 0.5) is 10.8 Å². The molecule has 0 bridgehead atoms. The molecule has 0 unspecified atom stereocenters. The number of thiazole rings is 1. The minimum atomic E-state index is 0.274. The largest absolute Gasteiger partial charge is 0.454 e. The number of nitrogens with zero attached hydrogens (tertiary/aromatic N) is 1. The van der Waals surface area contributed by atoms with E-state index in [0.29, 0.717) is 0 Å². The van der Waals surface area contributed by atoms with Crippen molar-refractivity contribution in [2.24, 2.45) is 0 Å². The van der Waals surface area contributed by atoms with Crippen molar-refractivity contribution in [2.75, 3.05) is 12.1 Å². The molecule has 0 saturated carbocycles. The first-order chi connectivity index (χ1) is 11.2. The summed E-state index contributed by atoms with van der Waals surface area (Å²) in [5.74, 6) is 1.52. The second-order valence-electron chi connectivity index (χ2n) is 5.19. The van der Waals surface area contributed by atoms with Crippen LogP contribution in [-0.4, -0.2) is 11.8 Å². The predicted octanol–water partition coefficient (Wildman–Crippen LogP) is 5.24. The molecular formula is C17H13ClN2O2S. The fraction of sp³-hybridized carbons (Fsp3) is 0.118. The number of nitrogens with one attached hydrogen (secondary N) is 1. The van der Waals surface area contributed by atoms with Crippen LogP contribution in [0.3, 0.4) is 0 Å². The fourth-order valence-electron chi connectivity index (χ4n) is 2.37. The molecule has 0 fully saturated rings. The number of rotatable bonds is 3. The Bertz CT molecular complexity index is 879. The highest BCUT2D eigenvalue weighted by Gasteiger charge is 2.14. The number of anilines is 2. The molecule has 0 aliphatic carbocycles. The molecule has 0 radical (unpaired) electrons. The summed E-state index contributed by atoms with van der Waals surface area (Å²) >= 11 is 7.63. The van der Waals surface area contributed by atoms with Crippen LogP contribution in [0.2, 0.25) is 5.02 Å². The SMILES string of the molecule is Cc1cc(-c2csc(Nc3ccc4c(c3)OCO4)n2)ccc1Cl. The monoisotopic (exact) mass is 344 g/mol. The molecule has 2 aromatic carbocycles. The lowest BCUT2D eigenvalue weighted by molar-refractivity contribution is 0.174. The standard InChI is InChI=1S/C17H13ClN2O2S/c1-10-6-11(2-4-13(10)18)14-8-23-17(20-14)19-12-3-5-15-16(7-12)22-9-21-15/h2-8H,9H2,1H3,(H,19,20). The van der Waals surface area contributed by atoms with Gasteiger partial charge in [-0.25, -0.2) is 4.98 Å². The molecule has 116 valence electrons. The Morgan fingerprint density at radius 2 is 2.00 bits per heavy atom. The molecule has 1 aliphatic rings. The van der Waals surface area contributed by atoms with Crippen LogP contribution in [-0.2, 0) is 0 Å². The van der Waals surface area contributed by atoms with Crippen molar-refractivity contribution in [1.29, 1.82) is 0 Å². The lowest BCUT2D eigenvalue weighted by Gasteiger charge is -2.04. The Balaban J connectivity index is 1.57. The van der Waals surface area contributed by atoms with E-state index in [4.69, 9.17) is 21.1 Å². The molecule has 6 heteroatoms. The van der Waals surface area contributed by atoms with Crippen LogP contribution in [0.1, 0.15) is 5.56 Å². The highest BCUT2D eigenvalue weighted by Crippen LogP contribution is 2.36. The quantitative estimate of drug-likeness (QED) is 0.705. The van der Waals surface area contributed by atoms with Crippen LogP contribution in [0.5, 0.6) is 11.5 Å². The maximum Gasteiger partial charge on any atom is 0.231 e. The Kier molecular flexibility index (Phi) is 3.59. The van der Waals surface area contributed by atoms with Crippen molar-refractivity contribution in [3.05, 3.63) is 52.4 Å². The van der Waals surface area contributed by atoms with Gasteiger partial charge in [-0.1, -0.05) is 17.7 Å². The normalized spacial score (nSPS) is 12.4. The second kappa shape index (κ2) is 5.76. The van der Waals surface area contributed by atoms with Gasteiger partial charge in [0.2, 0.25) is 6.79 Å². The zero-order chi connectivity index (χ0) is 15.8. The number of fused-ring (bicyclic) bond motifs is 1. The number of hydrogen-bond donors (Lipinski definition) is 1. The lowest BCUT2D eigenvalue weighted by Crippen LogP contribution is -1.93. The van der Waals surface area contributed by atoms with Gasteiger partial charge in [-0.3, -0.25) is 0 Å². The summed E-state index contributed by atoms with van der Waals surface area (Å²) in [5.41, 5.74) is 3.95. The van der Waals surface area contributed by atoms with Crippen LogP contribution in [0, 0.1) is 6.92 Å². The minimum Gasteiger partial charge on any atom is -0.454 e. The Morgan fingerprint density at radius 1 is 1.13 bits per heavy atom. The third-order valence-corrected chi connectivity index (χ3v) is 4.76. The second-order valence-corrected chi connectivity index (χ2v) is 6.46. The van der Waals surface area contributed by atoms with Gasteiger partial charge < -0.3 is 14.8 Å². The molecule has 4 rings (SSSR count). The first-order valence-electron chi connectivity index (χ1n) is 7.08. The molecule has 1 aliphatic heterocycles. The summed E-state index contributed by atoms with van der Waals surface area (Å²) in [6.45, 7) is 2.26. The van der Waals surface area contributed by atoms with E-state index in [1.54, 1.807) is 11.3 Å². The van der Waals surface area contributed by atoms with Crippen LogP contribution in [0.25, 0.3) is 11.3 Å². The first-order valence-corrected chi connectivity index (χ1v) is 8.33. The molecule has 23 heavy (non-hydrogen) atoms. The van der Waals surface area contributed by atoms with Crippen molar-refractivity contribution in [3.8, 4) is 22.8 Å². The Hall–Kier alpha value is -2.24. The van der Waals surface area contributed by atoms with E-state index < -0.39 is 0 Å². The van der Waals surface area contributed by atoms with Crippen molar-refractivity contribution < 1.29 is 9.47 Å². The van der Waals surface area contributed by atoms with Crippen molar-refractivity contribution >= 4 is 33.8 Å². The fourth-order valence-corrected chi connectivity index (χ4v) is 3.22. The van der Waals surface area contributed by atoms with Gasteiger partial charge in [0.1, 0.15) is 0 Å². The number of hydrogen-bond acceptors (Lipinski definition) is 5. The molecule has 1 aromatic heterocycles. The van der Waals surface area contributed by atoms with E-state index in [1.165, 1.54) is 0 Å². The molecular weight excluding hydrogens is 332 g/mol. The summed E-state index contributed by atoms with van der Waals surface area (Å²) in [5, 5.41) is 6.91. The molecule has 0 spiro atoms. The van der Waals surface area contributed by atoms with Gasteiger partial charge in [0, 0.05) is 27.7 Å². The number of benzene rings is 2. The summed E-state index contributed by atoms with van der Waals surface area (Å²) in [6, 6.07) is 11.7. The maximum absolute atomic E-state index is 6.07. The molecule has 1 N–H and O–H groups in total. The van der Waals surface area contributed by atoms with Gasteiger partial charge >= 0.3 is 0 Å². The average Bonchev–Trinajstić information content (AvgIpc) is 3.19. The van der Waals surface area contributed by atoms with Crippen molar-refractivity contribution in [1.82, 2.24) is 4.98 Å². The summed E-state index contributed by atoms with van der Waals surface area (Å²) in [7, 11) is 0. The first kappa shape index (κ1) is 14.4. The lowest BCUT2D eigenvalue weighted by atomic mass is 10.1. The number of halogens is 1. The maximum atomic E-state index is 6.07. The van der Waals surface area contributed by atoms with Gasteiger partial charge in [0.25, 0.3) is 0 Å².